The summed E-state index contributed by atoms with van der Waals surface area (Å²) in [7, 11) is 2.48. The lowest BCUT2D eigenvalue weighted by molar-refractivity contribution is 0.0552. The molecular formula is C15H14Br2N2O4. The highest BCUT2D eigenvalue weighted by Crippen LogP contribution is 2.30. The zero-order valence-electron chi connectivity index (χ0n) is 12.7. The molecule has 0 fully saturated rings. The molecule has 0 aliphatic heterocycles. The fourth-order valence-corrected chi connectivity index (χ4v) is 3.64. The minimum absolute atomic E-state index is 0.0521. The van der Waals surface area contributed by atoms with E-state index in [1.54, 1.807) is 0 Å². The van der Waals surface area contributed by atoms with Gasteiger partial charge in [-0.3, -0.25) is 0 Å². The van der Waals surface area contributed by atoms with Gasteiger partial charge in [0.1, 0.15) is 5.56 Å². The molecule has 0 saturated carbocycles. The van der Waals surface area contributed by atoms with Crippen molar-refractivity contribution < 1.29 is 19.1 Å². The zero-order valence-corrected chi connectivity index (χ0v) is 15.9. The molecule has 0 radical (unpaired) electrons. The average Bonchev–Trinajstić information content (AvgIpc) is 2.97. The molecule has 1 aromatic heterocycles. The number of aryl methyl sites for hydroxylation is 1. The molecule has 2 aromatic rings. The van der Waals surface area contributed by atoms with E-state index in [4.69, 9.17) is 4.74 Å². The minimum Gasteiger partial charge on any atom is -0.465 e. The Morgan fingerprint density at radius 2 is 1.83 bits per heavy atom. The maximum absolute atomic E-state index is 11.9. The van der Waals surface area contributed by atoms with Gasteiger partial charge in [0.15, 0.2) is 5.69 Å². The second-order valence-corrected chi connectivity index (χ2v) is 6.34. The fourth-order valence-electron chi connectivity index (χ4n) is 2.14. The third kappa shape index (κ3) is 3.48. The summed E-state index contributed by atoms with van der Waals surface area (Å²) < 4.78 is 12.6. The lowest BCUT2D eigenvalue weighted by Gasteiger charge is -2.11. The standard InChI is InChI=1S/C15H14Br2N2O4/c1-4-8-5-9(16)6-11(17)13(8)19-7-10(14(20)22-2)12(18-19)15(21)23-3/h5-7H,4H2,1-3H3. The van der Waals surface area contributed by atoms with Gasteiger partial charge in [0, 0.05) is 15.1 Å². The van der Waals surface area contributed by atoms with Crippen molar-refractivity contribution in [2.24, 2.45) is 0 Å². The zero-order chi connectivity index (χ0) is 17.1. The topological polar surface area (TPSA) is 70.4 Å². The molecule has 0 amide bonds. The van der Waals surface area contributed by atoms with E-state index >= 15 is 0 Å². The van der Waals surface area contributed by atoms with Gasteiger partial charge in [-0.2, -0.15) is 5.10 Å². The third-order valence-corrected chi connectivity index (χ3v) is 4.28. The smallest absolute Gasteiger partial charge is 0.359 e. The number of ether oxygens (including phenoxy) is 2. The van der Waals surface area contributed by atoms with Crippen LogP contribution >= 0.6 is 31.9 Å². The monoisotopic (exact) mass is 444 g/mol. The largest absolute Gasteiger partial charge is 0.465 e. The van der Waals surface area contributed by atoms with E-state index in [9.17, 15) is 9.59 Å². The average molecular weight is 446 g/mol. The van der Waals surface area contributed by atoms with Crippen LogP contribution in [-0.4, -0.2) is 35.9 Å². The number of aromatic nitrogens is 2. The summed E-state index contributed by atoms with van der Waals surface area (Å²) >= 11 is 6.94. The van der Waals surface area contributed by atoms with Crippen LogP contribution in [0, 0.1) is 0 Å². The van der Waals surface area contributed by atoms with Crippen molar-refractivity contribution in [1.29, 1.82) is 0 Å². The number of halogens is 2. The molecule has 0 N–H and O–H groups in total. The molecule has 0 bridgehead atoms. The quantitative estimate of drug-likeness (QED) is 0.673. The van der Waals surface area contributed by atoms with Crippen LogP contribution < -0.4 is 0 Å². The molecule has 2 rings (SSSR count). The number of esters is 2. The molecule has 0 saturated heterocycles. The Morgan fingerprint density at radius 1 is 1.17 bits per heavy atom. The first kappa shape index (κ1) is 17.7. The fraction of sp³-hybridized carbons (Fsp3) is 0.267. The second kappa shape index (κ2) is 7.27. The van der Waals surface area contributed by atoms with Crippen LogP contribution in [0.2, 0.25) is 0 Å². The number of hydrogen-bond acceptors (Lipinski definition) is 5. The van der Waals surface area contributed by atoms with Crippen molar-refractivity contribution >= 4 is 43.8 Å². The summed E-state index contributed by atoms with van der Waals surface area (Å²) in [5.74, 6) is -1.35. The Hall–Kier alpha value is -1.67. The Labute approximate surface area is 150 Å². The van der Waals surface area contributed by atoms with Crippen LogP contribution in [0.25, 0.3) is 5.69 Å². The van der Waals surface area contributed by atoms with Crippen LogP contribution in [0.3, 0.4) is 0 Å². The van der Waals surface area contributed by atoms with Gasteiger partial charge >= 0.3 is 11.9 Å². The Kier molecular flexibility index (Phi) is 5.59. The number of hydrogen-bond donors (Lipinski definition) is 0. The lowest BCUT2D eigenvalue weighted by atomic mass is 10.1. The predicted octanol–water partition coefficient (Wildman–Crippen LogP) is 3.53. The predicted molar refractivity (Wildman–Crippen MR) is 91.0 cm³/mol. The molecule has 8 heteroatoms. The summed E-state index contributed by atoms with van der Waals surface area (Å²) in [5.41, 5.74) is 1.70. The summed E-state index contributed by atoms with van der Waals surface area (Å²) in [5, 5.41) is 4.22. The summed E-state index contributed by atoms with van der Waals surface area (Å²) in [6, 6.07) is 3.82. The van der Waals surface area contributed by atoms with Crippen LogP contribution in [0.1, 0.15) is 33.3 Å². The van der Waals surface area contributed by atoms with E-state index in [-0.39, 0.29) is 11.3 Å². The van der Waals surface area contributed by atoms with Crippen molar-refractivity contribution in [2.45, 2.75) is 13.3 Å². The Bertz CT molecular complexity index is 738. The summed E-state index contributed by atoms with van der Waals surface area (Å²) in [4.78, 5) is 23.8. The number of methoxy groups -OCH3 is 2. The summed E-state index contributed by atoms with van der Waals surface area (Å²) in [6.07, 6.45) is 2.21. The van der Waals surface area contributed by atoms with Crippen LogP contribution in [0.5, 0.6) is 0 Å². The molecule has 6 nitrogen and oxygen atoms in total. The van der Waals surface area contributed by atoms with Gasteiger partial charge in [0.25, 0.3) is 0 Å². The van der Waals surface area contributed by atoms with Gasteiger partial charge in [0.2, 0.25) is 0 Å². The molecule has 0 atom stereocenters. The minimum atomic E-state index is -0.699. The number of benzene rings is 1. The maximum Gasteiger partial charge on any atom is 0.359 e. The first-order chi connectivity index (χ1) is 10.9. The highest BCUT2D eigenvalue weighted by Gasteiger charge is 2.25. The molecule has 0 spiro atoms. The number of carbonyl (C=O) groups is 2. The Balaban J connectivity index is 2.68. The number of rotatable bonds is 4. The molecule has 0 unspecified atom stereocenters. The normalized spacial score (nSPS) is 10.5. The van der Waals surface area contributed by atoms with Gasteiger partial charge in [-0.05, 0) is 40.0 Å². The van der Waals surface area contributed by atoms with E-state index < -0.39 is 11.9 Å². The first-order valence-corrected chi connectivity index (χ1v) is 8.26. The number of carbonyl (C=O) groups excluding carboxylic acids is 2. The van der Waals surface area contributed by atoms with Crippen molar-refractivity contribution in [3.05, 3.63) is 44.1 Å². The highest BCUT2D eigenvalue weighted by molar-refractivity contribution is 9.11. The van der Waals surface area contributed by atoms with Crippen LogP contribution in [0.4, 0.5) is 0 Å². The van der Waals surface area contributed by atoms with Crippen molar-refractivity contribution in [3.8, 4) is 5.69 Å². The van der Waals surface area contributed by atoms with Gasteiger partial charge < -0.3 is 9.47 Å². The molecule has 1 aromatic carbocycles. The van der Waals surface area contributed by atoms with E-state index in [1.165, 1.54) is 25.1 Å². The number of nitrogens with zero attached hydrogens (tertiary/aromatic N) is 2. The van der Waals surface area contributed by atoms with Crippen LogP contribution in [0.15, 0.2) is 27.3 Å². The molecule has 122 valence electrons. The van der Waals surface area contributed by atoms with E-state index in [0.29, 0.717) is 0 Å². The van der Waals surface area contributed by atoms with E-state index in [2.05, 4.69) is 41.7 Å². The van der Waals surface area contributed by atoms with E-state index in [0.717, 1.165) is 26.6 Å². The maximum atomic E-state index is 11.9. The third-order valence-electron chi connectivity index (χ3n) is 3.22. The molecule has 1 heterocycles. The van der Waals surface area contributed by atoms with Crippen molar-refractivity contribution in [1.82, 2.24) is 9.78 Å². The SMILES string of the molecule is CCc1cc(Br)cc(Br)c1-n1cc(C(=O)OC)c(C(=O)OC)n1. The molecule has 23 heavy (non-hydrogen) atoms. The highest BCUT2D eigenvalue weighted by atomic mass is 79.9. The molecule has 0 aliphatic carbocycles. The van der Waals surface area contributed by atoms with Gasteiger partial charge in [-0.25, -0.2) is 14.3 Å². The first-order valence-electron chi connectivity index (χ1n) is 6.67. The van der Waals surface area contributed by atoms with Crippen molar-refractivity contribution in [3.63, 3.8) is 0 Å². The Morgan fingerprint density at radius 3 is 2.39 bits per heavy atom. The van der Waals surface area contributed by atoms with E-state index in [1.807, 2.05) is 19.1 Å². The summed E-state index contributed by atoms with van der Waals surface area (Å²) in [6.45, 7) is 2.00. The molecule has 0 aliphatic rings. The van der Waals surface area contributed by atoms with Gasteiger partial charge in [-0.1, -0.05) is 22.9 Å². The molecular weight excluding hydrogens is 432 g/mol. The van der Waals surface area contributed by atoms with Gasteiger partial charge in [-0.15, -0.1) is 0 Å². The van der Waals surface area contributed by atoms with Crippen molar-refractivity contribution in [2.75, 3.05) is 14.2 Å². The van der Waals surface area contributed by atoms with Crippen LogP contribution in [-0.2, 0) is 15.9 Å². The lowest BCUT2D eigenvalue weighted by Crippen LogP contribution is -2.10. The van der Waals surface area contributed by atoms with Gasteiger partial charge in [0.05, 0.1) is 19.9 Å². The second-order valence-electron chi connectivity index (χ2n) is 4.57.